The SMILES string of the molecule is CCNC(=O)N1CC[C@H](NCc2cc(-n3nnnc3C(F)(F)F)cc3c2OCC3)[C@H](c2ccccc2)C1.Cl. The second-order valence-electron chi connectivity index (χ2n) is 9.18. The van der Waals surface area contributed by atoms with Gasteiger partial charge in [0, 0.05) is 50.1 Å². The van der Waals surface area contributed by atoms with Gasteiger partial charge < -0.3 is 20.3 Å². The fraction of sp³-hybridized carbons (Fsp3) is 0.440. The quantitative estimate of drug-likeness (QED) is 0.485. The Balaban J connectivity index is 0.00000336. The minimum atomic E-state index is -4.68. The van der Waals surface area contributed by atoms with Gasteiger partial charge in [-0.05, 0) is 47.0 Å². The standard InChI is InChI=1S/C25H28F3N7O2.ClH/c1-2-29-24(36)34-10-8-21(20(15-34)16-6-4-3-5-7-16)30-14-18-13-19(12-17-9-11-37-22(17)18)35-23(25(26,27)28)31-32-33-35;/h3-7,12-13,20-21,30H,2,8-11,14-15H2,1H3,(H,29,36);1H/t20-,21-;/m0./s1. The van der Waals surface area contributed by atoms with Crippen LogP contribution in [0.5, 0.6) is 5.75 Å². The third-order valence-electron chi connectivity index (χ3n) is 6.82. The molecule has 2 aliphatic rings. The Morgan fingerprint density at radius 1 is 1.21 bits per heavy atom. The Morgan fingerprint density at radius 2 is 2.00 bits per heavy atom. The molecule has 0 spiro atoms. The number of tetrazole rings is 1. The van der Waals surface area contributed by atoms with Crippen molar-refractivity contribution >= 4 is 18.4 Å². The van der Waals surface area contributed by atoms with Crippen LogP contribution in [0.2, 0.25) is 0 Å². The summed E-state index contributed by atoms with van der Waals surface area (Å²) in [4.78, 5) is 14.3. The highest BCUT2D eigenvalue weighted by atomic mass is 35.5. The molecule has 0 bridgehead atoms. The normalized spacial score (nSPS) is 18.9. The van der Waals surface area contributed by atoms with E-state index in [9.17, 15) is 18.0 Å². The van der Waals surface area contributed by atoms with Gasteiger partial charge in [0.15, 0.2) is 0 Å². The zero-order valence-corrected chi connectivity index (χ0v) is 21.6. The van der Waals surface area contributed by atoms with Crippen LogP contribution in [-0.4, -0.2) is 63.4 Å². The number of benzene rings is 2. The summed E-state index contributed by atoms with van der Waals surface area (Å²) >= 11 is 0. The van der Waals surface area contributed by atoms with Crippen LogP contribution in [0, 0.1) is 0 Å². The molecule has 2 N–H and O–H groups in total. The zero-order valence-electron chi connectivity index (χ0n) is 20.7. The Labute approximate surface area is 224 Å². The van der Waals surface area contributed by atoms with E-state index in [1.54, 1.807) is 12.1 Å². The van der Waals surface area contributed by atoms with Gasteiger partial charge in [-0.25, -0.2) is 4.79 Å². The molecule has 2 aromatic carbocycles. The Kier molecular flexibility index (Phi) is 8.41. The van der Waals surface area contributed by atoms with Gasteiger partial charge in [-0.1, -0.05) is 30.3 Å². The van der Waals surface area contributed by atoms with Crippen molar-refractivity contribution in [3.05, 3.63) is 65.0 Å². The number of urea groups is 1. The van der Waals surface area contributed by atoms with E-state index < -0.39 is 12.0 Å². The van der Waals surface area contributed by atoms with Crippen molar-refractivity contribution in [3.8, 4) is 11.4 Å². The van der Waals surface area contributed by atoms with Crippen LogP contribution in [0.4, 0.5) is 18.0 Å². The number of halogens is 4. The first-order chi connectivity index (χ1) is 17.8. The summed E-state index contributed by atoms with van der Waals surface area (Å²) in [5.41, 5.74) is 2.92. The zero-order chi connectivity index (χ0) is 26.0. The number of hydrogen-bond donors (Lipinski definition) is 2. The number of rotatable bonds is 6. The number of alkyl halides is 3. The van der Waals surface area contributed by atoms with E-state index in [-0.39, 0.29) is 36.1 Å². The van der Waals surface area contributed by atoms with E-state index in [1.807, 2.05) is 30.0 Å². The first-order valence-corrected chi connectivity index (χ1v) is 12.3. The van der Waals surface area contributed by atoms with Crippen LogP contribution in [0.3, 0.4) is 0 Å². The maximum absolute atomic E-state index is 13.4. The predicted molar refractivity (Wildman–Crippen MR) is 136 cm³/mol. The van der Waals surface area contributed by atoms with Gasteiger partial charge in [0.05, 0.1) is 12.3 Å². The van der Waals surface area contributed by atoms with E-state index in [4.69, 9.17) is 4.74 Å². The highest BCUT2D eigenvalue weighted by molar-refractivity contribution is 5.85. The number of carbonyl (C=O) groups excluding carboxylic acids is 1. The summed E-state index contributed by atoms with van der Waals surface area (Å²) in [6, 6.07) is 13.3. The van der Waals surface area contributed by atoms with Crippen LogP contribution < -0.4 is 15.4 Å². The predicted octanol–water partition coefficient (Wildman–Crippen LogP) is 3.72. The monoisotopic (exact) mass is 551 g/mol. The minimum absolute atomic E-state index is 0. The number of nitrogens with one attached hydrogen (secondary N) is 2. The van der Waals surface area contributed by atoms with Gasteiger partial charge in [0.1, 0.15) is 5.75 Å². The van der Waals surface area contributed by atoms with Gasteiger partial charge in [-0.15, -0.1) is 17.5 Å². The average Bonchev–Trinajstić information content (AvgIpc) is 3.58. The van der Waals surface area contributed by atoms with Crippen molar-refractivity contribution in [2.45, 2.75) is 44.4 Å². The summed E-state index contributed by atoms with van der Waals surface area (Å²) in [5.74, 6) is -0.438. The molecule has 0 saturated carbocycles. The third-order valence-corrected chi connectivity index (χ3v) is 6.82. The fourth-order valence-corrected chi connectivity index (χ4v) is 5.08. The number of likely N-dealkylation sites (tertiary alicyclic amines) is 1. The lowest BCUT2D eigenvalue weighted by atomic mass is 9.86. The molecule has 3 heterocycles. The van der Waals surface area contributed by atoms with E-state index >= 15 is 0 Å². The average molecular weight is 552 g/mol. The van der Waals surface area contributed by atoms with Gasteiger partial charge in [0.2, 0.25) is 0 Å². The van der Waals surface area contributed by atoms with Gasteiger partial charge >= 0.3 is 12.2 Å². The first kappa shape index (κ1) is 27.6. The second kappa shape index (κ2) is 11.6. The van der Waals surface area contributed by atoms with E-state index in [2.05, 4.69) is 38.3 Å². The molecule has 0 aliphatic carbocycles. The van der Waals surface area contributed by atoms with E-state index in [0.717, 1.165) is 27.8 Å². The maximum atomic E-state index is 13.4. The highest BCUT2D eigenvalue weighted by Crippen LogP contribution is 2.35. The van der Waals surface area contributed by atoms with Crippen molar-refractivity contribution in [2.24, 2.45) is 0 Å². The van der Waals surface area contributed by atoms with Crippen LogP contribution in [0.25, 0.3) is 5.69 Å². The smallest absolute Gasteiger partial charge is 0.453 e. The maximum Gasteiger partial charge on any atom is 0.453 e. The molecule has 0 unspecified atom stereocenters. The number of fused-ring (bicyclic) bond motifs is 1. The lowest BCUT2D eigenvalue weighted by Crippen LogP contribution is -2.52. The third kappa shape index (κ3) is 5.70. The molecule has 9 nitrogen and oxygen atoms in total. The van der Waals surface area contributed by atoms with Crippen molar-refractivity contribution < 1.29 is 22.7 Å². The Bertz CT molecular complexity index is 1260. The molecule has 204 valence electrons. The summed E-state index contributed by atoms with van der Waals surface area (Å²) < 4.78 is 46.9. The molecule has 2 aliphatic heterocycles. The Hall–Kier alpha value is -3.38. The van der Waals surface area contributed by atoms with Crippen molar-refractivity contribution in [1.29, 1.82) is 0 Å². The van der Waals surface area contributed by atoms with Crippen LogP contribution in [-0.2, 0) is 19.1 Å². The fourth-order valence-electron chi connectivity index (χ4n) is 5.08. The van der Waals surface area contributed by atoms with Crippen molar-refractivity contribution in [2.75, 3.05) is 26.2 Å². The molecule has 1 saturated heterocycles. The molecule has 0 radical (unpaired) electrons. The summed E-state index contributed by atoms with van der Waals surface area (Å²) in [6.45, 7) is 4.46. The molecule has 1 fully saturated rings. The van der Waals surface area contributed by atoms with Gasteiger partial charge in [0.25, 0.3) is 5.82 Å². The lowest BCUT2D eigenvalue weighted by molar-refractivity contribution is -0.146. The van der Waals surface area contributed by atoms with Gasteiger partial charge in [-0.2, -0.15) is 17.9 Å². The number of nitrogens with zero attached hydrogens (tertiary/aromatic N) is 5. The molecule has 3 aromatic rings. The number of carbonyl (C=O) groups is 1. The summed E-state index contributed by atoms with van der Waals surface area (Å²) in [7, 11) is 0. The molecule has 5 rings (SSSR count). The lowest BCUT2D eigenvalue weighted by Gasteiger charge is -2.39. The van der Waals surface area contributed by atoms with Crippen LogP contribution in [0.15, 0.2) is 42.5 Å². The molecule has 2 amide bonds. The largest absolute Gasteiger partial charge is 0.493 e. The summed E-state index contributed by atoms with van der Waals surface area (Å²) in [5, 5.41) is 16.5. The topological polar surface area (TPSA) is 97.2 Å². The highest BCUT2D eigenvalue weighted by Gasteiger charge is 2.39. The number of piperidine rings is 1. The van der Waals surface area contributed by atoms with Crippen LogP contribution in [0.1, 0.15) is 41.8 Å². The Morgan fingerprint density at radius 3 is 2.74 bits per heavy atom. The van der Waals surface area contributed by atoms with Gasteiger partial charge in [-0.3, -0.25) is 0 Å². The molecule has 38 heavy (non-hydrogen) atoms. The number of amides is 2. The van der Waals surface area contributed by atoms with E-state index in [0.29, 0.717) is 45.0 Å². The molecular formula is C25H29ClF3N7O2. The van der Waals surface area contributed by atoms with Crippen LogP contribution >= 0.6 is 12.4 Å². The molecular weight excluding hydrogens is 523 g/mol. The first-order valence-electron chi connectivity index (χ1n) is 12.3. The number of ether oxygens (including phenoxy) is 1. The van der Waals surface area contributed by atoms with Crippen molar-refractivity contribution in [3.63, 3.8) is 0 Å². The summed E-state index contributed by atoms with van der Waals surface area (Å²) in [6.07, 6.45) is -3.36. The molecule has 2 atom stereocenters. The van der Waals surface area contributed by atoms with E-state index in [1.165, 1.54) is 0 Å². The molecule has 1 aromatic heterocycles. The number of hydrogen-bond acceptors (Lipinski definition) is 6. The number of aromatic nitrogens is 4. The second-order valence-corrected chi connectivity index (χ2v) is 9.18. The van der Waals surface area contributed by atoms with Crippen molar-refractivity contribution in [1.82, 2.24) is 35.7 Å². The molecule has 13 heteroatoms. The minimum Gasteiger partial charge on any atom is -0.493 e.